The Balaban J connectivity index is 2.31. The number of aromatic nitrogens is 2. The molecule has 0 spiro atoms. The van der Waals surface area contributed by atoms with E-state index in [1.54, 1.807) is 0 Å². The van der Waals surface area contributed by atoms with Crippen LogP contribution < -0.4 is 5.32 Å². The Labute approximate surface area is 135 Å². The Morgan fingerprint density at radius 1 is 1.19 bits per heavy atom. The van der Waals surface area contributed by atoms with E-state index in [4.69, 9.17) is 0 Å². The van der Waals surface area contributed by atoms with Gasteiger partial charge in [-0.1, -0.05) is 35.8 Å². The molecule has 1 heterocycles. The van der Waals surface area contributed by atoms with Crippen LogP contribution in [-0.2, 0) is 6.54 Å². The average molecular weight is 350 g/mol. The molecule has 0 radical (unpaired) electrons. The molecule has 4 heteroatoms. The summed E-state index contributed by atoms with van der Waals surface area (Å²) in [6.45, 7) is 8.46. The zero-order valence-electron chi connectivity index (χ0n) is 13.1. The molecule has 1 atom stereocenters. The van der Waals surface area contributed by atoms with Gasteiger partial charge >= 0.3 is 0 Å². The zero-order valence-corrected chi connectivity index (χ0v) is 14.7. The van der Waals surface area contributed by atoms with Crippen LogP contribution in [0.4, 0.5) is 0 Å². The summed E-state index contributed by atoms with van der Waals surface area (Å²) in [5, 5.41) is 8.11. The largest absolute Gasteiger partial charge is 0.306 e. The summed E-state index contributed by atoms with van der Waals surface area (Å²) in [7, 11) is 0. The fourth-order valence-corrected chi connectivity index (χ4v) is 3.15. The van der Waals surface area contributed by atoms with E-state index in [9.17, 15) is 0 Å². The van der Waals surface area contributed by atoms with Crippen LogP contribution >= 0.6 is 15.9 Å². The third-order valence-electron chi connectivity index (χ3n) is 3.44. The molecule has 0 saturated carbocycles. The van der Waals surface area contributed by atoms with E-state index in [0.29, 0.717) is 0 Å². The topological polar surface area (TPSA) is 29.9 Å². The molecule has 114 valence electrons. The summed E-state index contributed by atoms with van der Waals surface area (Å²) in [4.78, 5) is 0. The van der Waals surface area contributed by atoms with Crippen molar-refractivity contribution >= 4 is 15.9 Å². The molecule has 1 aromatic carbocycles. The number of hydrogen-bond acceptors (Lipinski definition) is 2. The minimum Gasteiger partial charge on any atom is -0.306 e. The fraction of sp³-hybridized carbons (Fsp3) is 0.471. The van der Waals surface area contributed by atoms with Crippen molar-refractivity contribution in [1.29, 1.82) is 0 Å². The van der Waals surface area contributed by atoms with E-state index in [2.05, 4.69) is 71.5 Å². The molecule has 0 aliphatic heterocycles. The molecule has 3 nitrogen and oxygen atoms in total. The van der Waals surface area contributed by atoms with Crippen molar-refractivity contribution in [1.82, 2.24) is 15.1 Å². The molecular formula is C17H24BrN3. The number of hydrogen-bond donors (Lipinski definition) is 1. The Kier molecular flexibility index (Phi) is 6.00. The van der Waals surface area contributed by atoms with Crippen LogP contribution in [0.2, 0.25) is 0 Å². The standard InChI is InChI=1S/C17H24BrN3/c1-4-6-19-17(14-8-13(3)9-16(18)10-14)15-11-20-21(12-15)7-5-2/h8-12,17,19H,4-7H2,1-3H3. The van der Waals surface area contributed by atoms with E-state index < -0.39 is 0 Å². The molecule has 0 fully saturated rings. The second kappa shape index (κ2) is 7.76. The van der Waals surface area contributed by atoms with Gasteiger partial charge in [0, 0.05) is 22.8 Å². The Hall–Kier alpha value is -1.13. The molecule has 0 amide bonds. The summed E-state index contributed by atoms with van der Waals surface area (Å²) in [5.74, 6) is 0. The van der Waals surface area contributed by atoms with Crippen molar-refractivity contribution < 1.29 is 0 Å². The highest BCUT2D eigenvalue weighted by Gasteiger charge is 2.16. The van der Waals surface area contributed by atoms with Gasteiger partial charge in [0.2, 0.25) is 0 Å². The maximum absolute atomic E-state index is 4.47. The van der Waals surface area contributed by atoms with Crippen LogP contribution in [0.5, 0.6) is 0 Å². The van der Waals surface area contributed by atoms with Crippen molar-refractivity contribution in [3.05, 3.63) is 51.8 Å². The lowest BCUT2D eigenvalue weighted by Crippen LogP contribution is -2.23. The second-order valence-electron chi connectivity index (χ2n) is 5.49. The van der Waals surface area contributed by atoms with Crippen LogP contribution in [-0.4, -0.2) is 16.3 Å². The zero-order chi connectivity index (χ0) is 15.2. The van der Waals surface area contributed by atoms with E-state index >= 15 is 0 Å². The summed E-state index contributed by atoms with van der Waals surface area (Å²) >= 11 is 3.60. The normalized spacial score (nSPS) is 12.6. The van der Waals surface area contributed by atoms with Gasteiger partial charge in [0.1, 0.15) is 0 Å². The summed E-state index contributed by atoms with van der Waals surface area (Å²) < 4.78 is 3.16. The molecule has 0 aliphatic rings. The first-order chi connectivity index (χ1) is 10.1. The maximum Gasteiger partial charge on any atom is 0.0608 e. The molecule has 2 aromatic rings. The molecule has 1 unspecified atom stereocenters. The number of aryl methyl sites for hydroxylation is 2. The van der Waals surface area contributed by atoms with Gasteiger partial charge in [0.15, 0.2) is 0 Å². The lowest BCUT2D eigenvalue weighted by Gasteiger charge is -2.18. The lowest BCUT2D eigenvalue weighted by atomic mass is 9.99. The number of nitrogens with zero attached hydrogens (tertiary/aromatic N) is 2. The second-order valence-corrected chi connectivity index (χ2v) is 6.40. The van der Waals surface area contributed by atoms with Gasteiger partial charge in [-0.2, -0.15) is 5.10 Å². The van der Waals surface area contributed by atoms with Gasteiger partial charge in [-0.25, -0.2) is 0 Å². The number of nitrogens with one attached hydrogen (secondary N) is 1. The highest BCUT2D eigenvalue weighted by molar-refractivity contribution is 9.10. The van der Waals surface area contributed by atoms with E-state index in [-0.39, 0.29) is 6.04 Å². The molecule has 2 rings (SSSR count). The van der Waals surface area contributed by atoms with Gasteiger partial charge in [-0.15, -0.1) is 0 Å². The third kappa shape index (κ3) is 4.42. The van der Waals surface area contributed by atoms with Gasteiger partial charge in [-0.3, -0.25) is 4.68 Å². The van der Waals surface area contributed by atoms with Crippen LogP contribution in [0.1, 0.15) is 49.4 Å². The van der Waals surface area contributed by atoms with Gasteiger partial charge in [-0.05, 0) is 49.6 Å². The Morgan fingerprint density at radius 3 is 2.67 bits per heavy atom. The van der Waals surface area contributed by atoms with Gasteiger partial charge in [0.25, 0.3) is 0 Å². The maximum atomic E-state index is 4.47. The monoisotopic (exact) mass is 349 g/mol. The summed E-state index contributed by atoms with van der Waals surface area (Å²) in [6, 6.07) is 6.78. The molecule has 1 N–H and O–H groups in total. The molecular weight excluding hydrogens is 326 g/mol. The fourth-order valence-electron chi connectivity index (χ4n) is 2.53. The van der Waals surface area contributed by atoms with E-state index in [1.807, 2.05) is 10.9 Å². The van der Waals surface area contributed by atoms with Crippen molar-refractivity contribution in [2.45, 2.75) is 46.2 Å². The van der Waals surface area contributed by atoms with Crippen LogP contribution in [0.25, 0.3) is 0 Å². The van der Waals surface area contributed by atoms with Gasteiger partial charge in [0.05, 0.1) is 12.2 Å². The first-order valence-electron chi connectivity index (χ1n) is 7.66. The quantitative estimate of drug-likeness (QED) is 0.799. The van der Waals surface area contributed by atoms with Crippen molar-refractivity contribution in [2.24, 2.45) is 0 Å². The van der Waals surface area contributed by atoms with Crippen molar-refractivity contribution in [3.8, 4) is 0 Å². The van der Waals surface area contributed by atoms with E-state index in [0.717, 1.165) is 30.4 Å². The molecule has 21 heavy (non-hydrogen) atoms. The number of rotatable bonds is 7. The first kappa shape index (κ1) is 16.2. The minimum absolute atomic E-state index is 0.201. The number of halogens is 1. The molecule has 0 bridgehead atoms. The molecule has 1 aromatic heterocycles. The predicted molar refractivity (Wildman–Crippen MR) is 91.5 cm³/mol. The highest BCUT2D eigenvalue weighted by Crippen LogP contribution is 2.26. The summed E-state index contributed by atoms with van der Waals surface area (Å²) in [5.41, 5.74) is 3.78. The minimum atomic E-state index is 0.201. The Bertz CT molecular complexity index is 557. The highest BCUT2D eigenvalue weighted by atomic mass is 79.9. The first-order valence-corrected chi connectivity index (χ1v) is 8.46. The van der Waals surface area contributed by atoms with Crippen molar-refractivity contribution in [3.63, 3.8) is 0 Å². The predicted octanol–water partition coefficient (Wildman–Crippen LogP) is 4.45. The van der Waals surface area contributed by atoms with Gasteiger partial charge < -0.3 is 5.32 Å². The lowest BCUT2D eigenvalue weighted by molar-refractivity contribution is 0.588. The van der Waals surface area contributed by atoms with E-state index in [1.165, 1.54) is 16.7 Å². The Morgan fingerprint density at radius 2 is 2.00 bits per heavy atom. The molecule has 0 saturated heterocycles. The van der Waals surface area contributed by atoms with Crippen LogP contribution in [0.15, 0.2) is 35.1 Å². The SMILES string of the molecule is CCCNC(c1cc(C)cc(Br)c1)c1cnn(CCC)c1. The third-order valence-corrected chi connectivity index (χ3v) is 3.89. The van der Waals surface area contributed by atoms with Crippen molar-refractivity contribution in [2.75, 3.05) is 6.54 Å². The van der Waals surface area contributed by atoms with Crippen LogP contribution in [0, 0.1) is 6.92 Å². The summed E-state index contributed by atoms with van der Waals surface area (Å²) in [6.07, 6.45) is 6.36. The smallest absolute Gasteiger partial charge is 0.0608 e. The molecule has 0 aliphatic carbocycles. The average Bonchev–Trinajstić information content (AvgIpc) is 2.87. The number of benzene rings is 1. The van der Waals surface area contributed by atoms with Crippen LogP contribution in [0.3, 0.4) is 0 Å².